The second kappa shape index (κ2) is 4.99. The largest absolute Gasteiger partial charge is 0.373 e. The van der Waals surface area contributed by atoms with E-state index in [0.29, 0.717) is 6.04 Å². The molecule has 0 amide bonds. The van der Waals surface area contributed by atoms with E-state index in [9.17, 15) is 0 Å². The first-order valence-corrected chi connectivity index (χ1v) is 6.89. The fraction of sp³-hybridized carbons (Fsp3) is 0.500. The number of anilines is 1. The van der Waals surface area contributed by atoms with Crippen molar-refractivity contribution in [1.82, 2.24) is 19.5 Å². The van der Waals surface area contributed by atoms with Gasteiger partial charge in [-0.2, -0.15) is 0 Å². The molecule has 1 aliphatic carbocycles. The minimum Gasteiger partial charge on any atom is -0.373 e. The zero-order valence-corrected chi connectivity index (χ0v) is 11.4. The molecule has 0 aliphatic heterocycles. The summed E-state index contributed by atoms with van der Waals surface area (Å²) in [5.41, 5.74) is 2.11. The number of rotatable bonds is 5. The lowest BCUT2D eigenvalue weighted by molar-refractivity contribution is 0.741. The van der Waals surface area contributed by atoms with Gasteiger partial charge in [0, 0.05) is 24.8 Å². The highest BCUT2D eigenvalue weighted by atomic mass is 15.1. The second-order valence-electron chi connectivity index (χ2n) is 4.99. The van der Waals surface area contributed by atoms with Gasteiger partial charge in [0.1, 0.15) is 11.5 Å². The second-order valence-corrected chi connectivity index (χ2v) is 4.99. The van der Waals surface area contributed by atoms with E-state index >= 15 is 0 Å². The third kappa shape index (κ3) is 2.45. The van der Waals surface area contributed by atoms with E-state index in [-0.39, 0.29) is 0 Å². The van der Waals surface area contributed by atoms with Gasteiger partial charge in [0.2, 0.25) is 0 Å². The predicted molar refractivity (Wildman–Crippen MR) is 75.1 cm³/mol. The summed E-state index contributed by atoms with van der Waals surface area (Å²) in [4.78, 5) is 13.5. The van der Waals surface area contributed by atoms with Gasteiger partial charge in [-0.25, -0.2) is 15.0 Å². The summed E-state index contributed by atoms with van der Waals surface area (Å²) in [6, 6.07) is 2.61. The fourth-order valence-electron chi connectivity index (χ4n) is 2.25. The molecule has 1 N–H and O–H groups in total. The summed E-state index contributed by atoms with van der Waals surface area (Å²) < 4.78 is 2.20. The van der Waals surface area contributed by atoms with Crippen LogP contribution in [-0.4, -0.2) is 26.6 Å². The van der Waals surface area contributed by atoms with Crippen LogP contribution in [0.15, 0.2) is 18.6 Å². The minimum absolute atomic E-state index is 0.592. The van der Waals surface area contributed by atoms with E-state index in [2.05, 4.69) is 31.8 Å². The van der Waals surface area contributed by atoms with E-state index in [1.165, 1.54) is 12.8 Å². The third-order valence-corrected chi connectivity index (χ3v) is 3.38. The molecule has 1 fully saturated rings. The summed E-state index contributed by atoms with van der Waals surface area (Å²) >= 11 is 0. The zero-order chi connectivity index (χ0) is 13.2. The number of hydrogen-bond acceptors (Lipinski definition) is 4. The van der Waals surface area contributed by atoms with Crippen molar-refractivity contribution in [3.05, 3.63) is 24.3 Å². The van der Waals surface area contributed by atoms with Crippen LogP contribution in [0, 0.1) is 0 Å². The van der Waals surface area contributed by atoms with E-state index in [0.717, 1.165) is 35.9 Å². The van der Waals surface area contributed by atoms with Crippen molar-refractivity contribution in [2.45, 2.75) is 38.6 Å². The molecule has 0 unspecified atom stereocenters. The maximum atomic E-state index is 4.67. The Bertz CT molecular complexity index is 571. The summed E-state index contributed by atoms with van der Waals surface area (Å²) in [7, 11) is 1.89. The molecule has 100 valence electrons. The molecule has 5 nitrogen and oxygen atoms in total. The highest BCUT2D eigenvalue weighted by Gasteiger charge is 2.26. The van der Waals surface area contributed by atoms with Crippen LogP contribution in [-0.2, 0) is 6.42 Å². The van der Waals surface area contributed by atoms with Crippen molar-refractivity contribution < 1.29 is 0 Å². The lowest BCUT2D eigenvalue weighted by Crippen LogP contribution is -2.04. The van der Waals surface area contributed by atoms with Gasteiger partial charge in [-0.05, 0) is 19.3 Å². The van der Waals surface area contributed by atoms with Crippen LogP contribution in [0.4, 0.5) is 5.82 Å². The zero-order valence-electron chi connectivity index (χ0n) is 11.4. The SMILES string of the molecule is CCCc1cc(NC)nc(-c2cncn2C2CC2)n1. The molecular weight excluding hydrogens is 238 g/mol. The smallest absolute Gasteiger partial charge is 0.180 e. The topological polar surface area (TPSA) is 55.6 Å². The van der Waals surface area contributed by atoms with Gasteiger partial charge in [0.05, 0.1) is 12.5 Å². The monoisotopic (exact) mass is 257 g/mol. The Morgan fingerprint density at radius 3 is 2.89 bits per heavy atom. The Morgan fingerprint density at radius 1 is 1.37 bits per heavy atom. The molecule has 5 heteroatoms. The Kier molecular flexibility index (Phi) is 3.19. The maximum absolute atomic E-state index is 4.67. The molecule has 1 aliphatic rings. The van der Waals surface area contributed by atoms with Gasteiger partial charge in [0.15, 0.2) is 5.82 Å². The molecule has 0 radical (unpaired) electrons. The average molecular weight is 257 g/mol. The Labute approximate surface area is 113 Å². The molecule has 0 aromatic carbocycles. The number of nitrogens with one attached hydrogen (secondary N) is 1. The lowest BCUT2D eigenvalue weighted by Gasteiger charge is -2.09. The standard InChI is InChI=1S/C14H19N5/c1-3-4-10-7-13(15-2)18-14(17-10)12-8-16-9-19(12)11-5-6-11/h7-9,11H,3-6H2,1-2H3,(H,15,17,18). The number of aryl methyl sites for hydroxylation is 1. The van der Waals surface area contributed by atoms with Crippen LogP contribution >= 0.6 is 0 Å². The fourth-order valence-corrected chi connectivity index (χ4v) is 2.25. The highest BCUT2D eigenvalue weighted by Crippen LogP contribution is 2.37. The normalized spacial score (nSPS) is 14.6. The third-order valence-electron chi connectivity index (χ3n) is 3.38. The van der Waals surface area contributed by atoms with E-state index < -0.39 is 0 Å². The summed E-state index contributed by atoms with van der Waals surface area (Å²) in [6.07, 6.45) is 8.28. The number of hydrogen-bond donors (Lipinski definition) is 1. The Hall–Kier alpha value is -1.91. The van der Waals surface area contributed by atoms with Crippen molar-refractivity contribution in [1.29, 1.82) is 0 Å². The van der Waals surface area contributed by atoms with Crippen LogP contribution in [0.1, 0.15) is 37.9 Å². The minimum atomic E-state index is 0.592. The number of aromatic nitrogens is 4. The van der Waals surface area contributed by atoms with Gasteiger partial charge < -0.3 is 9.88 Å². The lowest BCUT2D eigenvalue weighted by atomic mass is 10.2. The predicted octanol–water partition coefficient (Wildman–Crippen LogP) is 2.67. The van der Waals surface area contributed by atoms with Crippen LogP contribution in [0.5, 0.6) is 0 Å². The molecule has 19 heavy (non-hydrogen) atoms. The van der Waals surface area contributed by atoms with Gasteiger partial charge in [-0.3, -0.25) is 0 Å². The van der Waals surface area contributed by atoms with E-state index in [4.69, 9.17) is 0 Å². The van der Waals surface area contributed by atoms with Crippen LogP contribution < -0.4 is 5.32 Å². The van der Waals surface area contributed by atoms with Crippen molar-refractivity contribution >= 4 is 5.82 Å². The number of nitrogens with zero attached hydrogens (tertiary/aromatic N) is 4. The van der Waals surface area contributed by atoms with Gasteiger partial charge >= 0.3 is 0 Å². The molecule has 0 saturated heterocycles. The van der Waals surface area contributed by atoms with E-state index in [1.54, 1.807) is 0 Å². The summed E-state index contributed by atoms with van der Waals surface area (Å²) in [5.74, 6) is 1.65. The summed E-state index contributed by atoms with van der Waals surface area (Å²) in [6.45, 7) is 2.16. The van der Waals surface area contributed by atoms with Crippen molar-refractivity contribution in [3.8, 4) is 11.5 Å². The molecular formula is C14H19N5. The quantitative estimate of drug-likeness (QED) is 0.894. The van der Waals surface area contributed by atoms with Gasteiger partial charge in [-0.15, -0.1) is 0 Å². The molecule has 2 aromatic heterocycles. The summed E-state index contributed by atoms with van der Waals surface area (Å²) in [5, 5.41) is 3.11. The van der Waals surface area contributed by atoms with E-state index in [1.807, 2.05) is 25.6 Å². The van der Waals surface area contributed by atoms with Gasteiger partial charge in [0.25, 0.3) is 0 Å². The molecule has 2 heterocycles. The van der Waals surface area contributed by atoms with Crippen molar-refractivity contribution in [3.63, 3.8) is 0 Å². The Balaban J connectivity index is 2.02. The molecule has 2 aromatic rings. The van der Waals surface area contributed by atoms with Crippen molar-refractivity contribution in [2.75, 3.05) is 12.4 Å². The van der Waals surface area contributed by atoms with Crippen LogP contribution in [0.25, 0.3) is 11.5 Å². The molecule has 0 spiro atoms. The first-order chi connectivity index (χ1) is 9.31. The number of imidazole rings is 1. The maximum Gasteiger partial charge on any atom is 0.180 e. The first kappa shape index (κ1) is 12.1. The average Bonchev–Trinajstić information content (AvgIpc) is 3.16. The van der Waals surface area contributed by atoms with Gasteiger partial charge in [-0.1, -0.05) is 13.3 Å². The molecule has 0 bridgehead atoms. The van der Waals surface area contributed by atoms with Crippen LogP contribution in [0.2, 0.25) is 0 Å². The highest BCUT2D eigenvalue weighted by molar-refractivity contribution is 5.53. The first-order valence-electron chi connectivity index (χ1n) is 6.89. The molecule has 1 saturated carbocycles. The molecule has 3 rings (SSSR count). The van der Waals surface area contributed by atoms with Crippen molar-refractivity contribution in [2.24, 2.45) is 0 Å². The molecule has 0 atom stereocenters. The van der Waals surface area contributed by atoms with Crippen LogP contribution in [0.3, 0.4) is 0 Å². The Morgan fingerprint density at radius 2 is 2.21 bits per heavy atom.